The van der Waals surface area contributed by atoms with E-state index in [1.807, 2.05) is 13.8 Å². The minimum Gasteiger partial charge on any atom is -0.377 e. The van der Waals surface area contributed by atoms with Crippen LogP contribution in [0.4, 0.5) is 0 Å². The van der Waals surface area contributed by atoms with Crippen LogP contribution in [0.1, 0.15) is 20.3 Å². The second kappa shape index (κ2) is 3.83. The maximum atomic E-state index is 8.67. The second-order valence-corrected chi connectivity index (χ2v) is 2.27. The molecule has 0 rings (SSSR count). The molecule has 1 atom stereocenters. The zero-order chi connectivity index (χ0) is 6.57. The van der Waals surface area contributed by atoms with Crippen LogP contribution in [0, 0.1) is 5.92 Å². The molecule has 8 heavy (non-hydrogen) atoms. The predicted octanol–water partition coefficient (Wildman–Crippen LogP) is 0.330. The van der Waals surface area contributed by atoms with Crippen LogP contribution in [0.15, 0.2) is 0 Å². The third kappa shape index (κ3) is 4.05. The highest BCUT2D eigenvalue weighted by Crippen LogP contribution is 2.00. The molecule has 0 saturated carbocycles. The van der Waals surface area contributed by atoms with Crippen molar-refractivity contribution in [3.63, 3.8) is 0 Å². The Bertz CT molecular complexity index is 56.4. The van der Waals surface area contributed by atoms with Crippen molar-refractivity contribution in [2.75, 3.05) is 0 Å². The molecule has 0 aliphatic carbocycles. The Labute approximate surface area is 49.3 Å². The van der Waals surface area contributed by atoms with Crippen molar-refractivity contribution in [2.24, 2.45) is 5.92 Å². The molecule has 0 aromatic carbocycles. The summed E-state index contributed by atoms with van der Waals surface area (Å²) >= 11 is 0. The van der Waals surface area contributed by atoms with Crippen LogP contribution in [0.3, 0.4) is 0 Å². The number of hydroxylamine groups is 1. The van der Waals surface area contributed by atoms with Gasteiger partial charge in [0.1, 0.15) is 6.23 Å². The molecule has 3 nitrogen and oxygen atoms in total. The van der Waals surface area contributed by atoms with Gasteiger partial charge in [-0.2, -0.15) is 5.48 Å². The lowest BCUT2D eigenvalue weighted by molar-refractivity contribution is -0.00932. The Balaban J connectivity index is 3.10. The lowest BCUT2D eigenvalue weighted by Gasteiger charge is -2.09. The summed E-state index contributed by atoms with van der Waals surface area (Å²) in [6, 6.07) is 0. The summed E-state index contributed by atoms with van der Waals surface area (Å²) in [6.45, 7) is 3.95. The van der Waals surface area contributed by atoms with Crippen LogP contribution in [-0.2, 0) is 0 Å². The van der Waals surface area contributed by atoms with Gasteiger partial charge in [0.05, 0.1) is 0 Å². The van der Waals surface area contributed by atoms with Crippen molar-refractivity contribution in [1.29, 1.82) is 0 Å². The molecule has 0 radical (unpaired) electrons. The molecule has 0 saturated heterocycles. The van der Waals surface area contributed by atoms with Crippen LogP contribution in [0.5, 0.6) is 0 Å². The fourth-order valence-corrected chi connectivity index (χ4v) is 0.499. The highest BCUT2D eigenvalue weighted by molar-refractivity contribution is 4.48. The second-order valence-electron chi connectivity index (χ2n) is 2.27. The summed E-state index contributed by atoms with van der Waals surface area (Å²) in [7, 11) is 0. The third-order valence-corrected chi connectivity index (χ3v) is 0.844. The molecule has 3 N–H and O–H groups in total. The van der Waals surface area contributed by atoms with Crippen molar-refractivity contribution in [1.82, 2.24) is 5.48 Å². The zero-order valence-corrected chi connectivity index (χ0v) is 5.26. The number of hydrogen-bond acceptors (Lipinski definition) is 3. The molecule has 0 aliphatic heterocycles. The van der Waals surface area contributed by atoms with Crippen molar-refractivity contribution in [2.45, 2.75) is 26.5 Å². The van der Waals surface area contributed by atoms with Crippen LogP contribution < -0.4 is 5.48 Å². The maximum absolute atomic E-state index is 8.67. The summed E-state index contributed by atoms with van der Waals surface area (Å²) in [5.74, 6) is 0.407. The monoisotopic (exact) mass is 119 g/mol. The zero-order valence-electron chi connectivity index (χ0n) is 5.26. The third-order valence-electron chi connectivity index (χ3n) is 0.844. The summed E-state index contributed by atoms with van der Waals surface area (Å²) in [5, 5.41) is 16.8. The van der Waals surface area contributed by atoms with E-state index in [4.69, 9.17) is 10.3 Å². The summed E-state index contributed by atoms with van der Waals surface area (Å²) < 4.78 is 0. The first-order valence-corrected chi connectivity index (χ1v) is 2.74. The van der Waals surface area contributed by atoms with E-state index in [0.29, 0.717) is 12.3 Å². The maximum Gasteiger partial charge on any atom is 0.127 e. The van der Waals surface area contributed by atoms with Crippen LogP contribution >= 0.6 is 0 Å². The predicted molar refractivity (Wildman–Crippen MR) is 30.4 cm³/mol. The average molecular weight is 119 g/mol. The Kier molecular flexibility index (Phi) is 3.77. The van der Waals surface area contributed by atoms with Gasteiger partial charge in [0.25, 0.3) is 0 Å². The smallest absolute Gasteiger partial charge is 0.127 e. The van der Waals surface area contributed by atoms with Gasteiger partial charge in [0.15, 0.2) is 0 Å². The molecule has 1 unspecified atom stereocenters. The molecular formula is C5H13NO2. The standard InChI is InChI=1S/C5H13NO2/c1-4(2)3-5(7)6-8/h4-8H,3H2,1-2H3. The van der Waals surface area contributed by atoms with Gasteiger partial charge >= 0.3 is 0 Å². The Morgan fingerprint density at radius 3 is 2.12 bits per heavy atom. The molecule has 0 amide bonds. The molecular weight excluding hydrogens is 106 g/mol. The topological polar surface area (TPSA) is 52.5 Å². The van der Waals surface area contributed by atoms with E-state index in [-0.39, 0.29) is 0 Å². The van der Waals surface area contributed by atoms with E-state index in [1.54, 1.807) is 5.48 Å². The fraction of sp³-hybridized carbons (Fsp3) is 1.00. The van der Waals surface area contributed by atoms with E-state index < -0.39 is 6.23 Å². The largest absolute Gasteiger partial charge is 0.377 e. The summed E-state index contributed by atoms with van der Waals surface area (Å²) in [5.41, 5.74) is 1.75. The Hall–Kier alpha value is -0.120. The lowest BCUT2D eigenvalue weighted by atomic mass is 10.1. The number of nitrogens with one attached hydrogen (secondary N) is 1. The SMILES string of the molecule is CC(C)CC(O)NO. The number of aliphatic hydroxyl groups is 1. The van der Waals surface area contributed by atoms with Crippen molar-refractivity contribution >= 4 is 0 Å². The Morgan fingerprint density at radius 2 is 2.00 bits per heavy atom. The van der Waals surface area contributed by atoms with Gasteiger partial charge in [-0.1, -0.05) is 13.8 Å². The van der Waals surface area contributed by atoms with Gasteiger partial charge in [-0.15, -0.1) is 0 Å². The first kappa shape index (κ1) is 7.88. The van der Waals surface area contributed by atoms with Crippen molar-refractivity contribution in [3.05, 3.63) is 0 Å². The molecule has 0 fully saturated rings. The summed E-state index contributed by atoms with van der Waals surface area (Å²) in [4.78, 5) is 0. The van der Waals surface area contributed by atoms with E-state index >= 15 is 0 Å². The van der Waals surface area contributed by atoms with E-state index in [0.717, 1.165) is 0 Å². The normalized spacial score (nSPS) is 14.6. The van der Waals surface area contributed by atoms with Crippen molar-refractivity contribution < 1.29 is 10.3 Å². The molecule has 0 spiro atoms. The number of aliphatic hydroxyl groups excluding tert-OH is 1. The van der Waals surface area contributed by atoms with Crippen LogP contribution in [-0.4, -0.2) is 16.5 Å². The van der Waals surface area contributed by atoms with Crippen LogP contribution in [0.2, 0.25) is 0 Å². The van der Waals surface area contributed by atoms with Gasteiger partial charge in [-0.05, 0) is 12.3 Å². The number of hydrogen-bond donors (Lipinski definition) is 3. The van der Waals surface area contributed by atoms with Crippen LogP contribution in [0.25, 0.3) is 0 Å². The molecule has 50 valence electrons. The van der Waals surface area contributed by atoms with Gasteiger partial charge in [0.2, 0.25) is 0 Å². The van der Waals surface area contributed by atoms with E-state index in [1.165, 1.54) is 0 Å². The first-order chi connectivity index (χ1) is 3.66. The van der Waals surface area contributed by atoms with Gasteiger partial charge < -0.3 is 10.3 Å². The van der Waals surface area contributed by atoms with Gasteiger partial charge in [-0.25, -0.2) is 0 Å². The minimum absolute atomic E-state index is 0.407. The molecule has 0 aromatic rings. The van der Waals surface area contributed by atoms with Gasteiger partial charge in [-0.3, -0.25) is 0 Å². The minimum atomic E-state index is -0.769. The lowest BCUT2D eigenvalue weighted by Crippen LogP contribution is -2.26. The molecule has 0 aromatic heterocycles. The molecule has 3 heteroatoms. The first-order valence-electron chi connectivity index (χ1n) is 2.74. The quantitative estimate of drug-likeness (QED) is 0.370. The highest BCUT2D eigenvalue weighted by Gasteiger charge is 2.02. The Morgan fingerprint density at radius 1 is 1.50 bits per heavy atom. The average Bonchev–Trinajstić information content (AvgIpc) is 1.65. The molecule has 0 bridgehead atoms. The summed E-state index contributed by atoms with van der Waals surface area (Å²) in [6.07, 6.45) is -0.189. The number of rotatable bonds is 3. The van der Waals surface area contributed by atoms with Gasteiger partial charge in [0, 0.05) is 0 Å². The van der Waals surface area contributed by atoms with Crippen molar-refractivity contribution in [3.8, 4) is 0 Å². The van der Waals surface area contributed by atoms with E-state index in [2.05, 4.69) is 0 Å². The molecule has 0 heterocycles. The van der Waals surface area contributed by atoms with E-state index in [9.17, 15) is 0 Å². The molecule has 0 aliphatic rings. The fourth-order valence-electron chi connectivity index (χ4n) is 0.499. The highest BCUT2D eigenvalue weighted by atomic mass is 16.5.